The molecule has 4 heterocycles. The van der Waals surface area contributed by atoms with Crippen LogP contribution in [-0.4, -0.2) is 68.4 Å². The lowest BCUT2D eigenvalue weighted by molar-refractivity contribution is -0.111. The standard InChI is InChI=1S/C26H29N7O3/c1-3-23(34)29-19-6-4-7-20(14-19)36-24-16-28-26-25(30-24)21(15-27-26)22-17-33(31-18(22)2)9-5-8-32-10-12-35-13-11-32/h3-4,6-7,14-17H,1,5,8-13H2,2H3,(H,27,28)(H,29,34). The number of hydrogen-bond acceptors (Lipinski definition) is 7. The number of ether oxygens (including phenoxy) is 2. The fourth-order valence-electron chi connectivity index (χ4n) is 4.26. The molecule has 4 aromatic rings. The molecule has 5 rings (SSSR count). The number of aryl methyl sites for hydroxylation is 2. The lowest BCUT2D eigenvalue weighted by Gasteiger charge is -2.26. The Morgan fingerprint density at radius 3 is 2.97 bits per heavy atom. The van der Waals surface area contributed by atoms with E-state index in [0.717, 1.165) is 62.6 Å². The van der Waals surface area contributed by atoms with E-state index in [0.29, 0.717) is 28.5 Å². The number of aromatic nitrogens is 5. The molecular weight excluding hydrogens is 458 g/mol. The molecule has 2 N–H and O–H groups in total. The normalized spacial score (nSPS) is 14.1. The summed E-state index contributed by atoms with van der Waals surface area (Å²) in [5, 5.41) is 7.45. The van der Waals surface area contributed by atoms with Crippen molar-refractivity contribution in [3.05, 3.63) is 61.2 Å². The van der Waals surface area contributed by atoms with Crippen molar-refractivity contribution in [3.8, 4) is 22.8 Å². The molecule has 1 amide bonds. The van der Waals surface area contributed by atoms with Gasteiger partial charge in [0.1, 0.15) is 11.3 Å². The van der Waals surface area contributed by atoms with Crippen LogP contribution >= 0.6 is 0 Å². The molecule has 0 saturated carbocycles. The van der Waals surface area contributed by atoms with Crippen LogP contribution in [0.25, 0.3) is 22.3 Å². The first-order valence-corrected chi connectivity index (χ1v) is 12.0. The summed E-state index contributed by atoms with van der Waals surface area (Å²) in [7, 11) is 0. The van der Waals surface area contributed by atoms with E-state index >= 15 is 0 Å². The number of fused-ring (bicyclic) bond motifs is 1. The van der Waals surface area contributed by atoms with Crippen molar-refractivity contribution >= 4 is 22.8 Å². The highest BCUT2D eigenvalue weighted by Crippen LogP contribution is 2.31. The van der Waals surface area contributed by atoms with Gasteiger partial charge in [0.05, 0.1) is 25.1 Å². The van der Waals surface area contributed by atoms with Gasteiger partial charge in [-0.25, -0.2) is 9.97 Å². The van der Waals surface area contributed by atoms with Gasteiger partial charge in [0.2, 0.25) is 11.8 Å². The van der Waals surface area contributed by atoms with Crippen LogP contribution in [0.2, 0.25) is 0 Å². The molecule has 0 aliphatic carbocycles. The largest absolute Gasteiger partial charge is 0.437 e. The van der Waals surface area contributed by atoms with Crippen LogP contribution in [0.5, 0.6) is 11.6 Å². The van der Waals surface area contributed by atoms with Crippen LogP contribution in [0.15, 0.2) is 55.5 Å². The van der Waals surface area contributed by atoms with Crippen molar-refractivity contribution in [2.45, 2.75) is 19.9 Å². The van der Waals surface area contributed by atoms with E-state index in [1.165, 1.54) is 6.08 Å². The molecule has 0 radical (unpaired) electrons. The molecule has 3 aromatic heterocycles. The zero-order valence-electron chi connectivity index (χ0n) is 20.2. The Balaban J connectivity index is 1.31. The van der Waals surface area contributed by atoms with Crippen molar-refractivity contribution in [1.29, 1.82) is 0 Å². The first kappa shape index (κ1) is 23.7. The molecule has 10 heteroatoms. The molecule has 1 fully saturated rings. The zero-order valence-corrected chi connectivity index (χ0v) is 20.2. The minimum atomic E-state index is -0.290. The average molecular weight is 488 g/mol. The fraction of sp³-hybridized carbons (Fsp3) is 0.308. The van der Waals surface area contributed by atoms with E-state index in [-0.39, 0.29) is 5.91 Å². The average Bonchev–Trinajstić information content (AvgIpc) is 3.47. The highest BCUT2D eigenvalue weighted by molar-refractivity contribution is 5.99. The van der Waals surface area contributed by atoms with E-state index < -0.39 is 0 Å². The minimum absolute atomic E-state index is 0.290. The second-order valence-electron chi connectivity index (χ2n) is 8.63. The zero-order chi connectivity index (χ0) is 24.9. The first-order valence-electron chi connectivity index (χ1n) is 12.0. The molecular formula is C26H29N7O3. The van der Waals surface area contributed by atoms with Gasteiger partial charge in [-0.3, -0.25) is 14.4 Å². The van der Waals surface area contributed by atoms with E-state index in [1.807, 2.05) is 17.8 Å². The number of H-pyrrole nitrogens is 1. The summed E-state index contributed by atoms with van der Waals surface area (Å²) in [6.07, 6.45) is 7.78. The number of carbonyl (C=O) groups excluding carboxylic acids is 1. The molecule has 1 aliphatic heterocycles. The third kappa shape index (κ3) is 5.45. The van der Waals surface area contributed by atoms with Crippen LogP contribution in [0.1, 0.15) is 12.1 Å². The Hall–Kier alpha value is -4.02. The number of benzene rings is 1. The number of nitrogens with zero attached hydrogens (tertiary/aromatic N) is 5. The molecule has 0 spiro atoms. The highest BCUT2D eigenvalue weighted by Gasteiger charge is 2.16. The van der Waals surface area contributed by atoms with Gasteiger partial charge in [0, 0.05) is 61.5 Å². The molecule has 1 saturated heterocycles. The van der Waals surface area contributed by atoms with Crippen LogP contribution < -0.4 is 10.1 Å². The number of amides is 1. The second-order valence-corrected chi connectivity index (χ2v) is 8.63. The molecule has 36 heavy (non-hydrogen) atoms. The smallest absolute Gasteiger partial charge is 0.247 e. The maximum Gasteiger partial charge on any atom is 0.247 e. The number of morpholine rings is 1. The SMILES string of the molecule is C=CC(=O)Nc1cccc(Oc2cnc3[nH]cc(-c4cn(CCCN5CCOCC5)nc4C)c3n2)c1. The predicted molar refractivity (Wildman–Crippen MR) is 137 cm³/mol. The lowest BCUT2D eigenvalue weighted by atomic mass is 10.1. The Morgan fingerprint density at radius 1 is 1.28 bits per heavy atom. The van der Waals surface area contributed by atoms with E-state index in [9.17, 15) is 4.79 Å². The van der Waals surface area contributed by atoms with Gasteiger partial charge in [0.25, 0.3) is 0 Å². The lowest BCUT2D eigenvalue weighted by Crippen LogP contribution is -2.37. The van der Waals surface area contributed by atoms with Gasteiger partial charge in [-0.15, -0.1) is 0 Å². The third-order valence-electron chi connectivity index (χ3n) is 6.07. The summed E-state index contributed by atoms with van der Waals surface area (Å²) in [4.78, 5) is 26.4. The monoisotopic (exact) mass is 487 g/mol. The topological polar surface area (TPSA) is 110 Å². The summed E-state index contributed by atoms with van der Waals surface area (Å²) in [5.74, 6) is 0.598. The van der Waals surface area contributed by atoms with Gasteiger partial charge in [-0.1, -0.05) is 12.6 Å². The minimum Gasteiger partial charge on any atom is -0.437 e. The summed E-state index contributed by atoms with van der Waals surface area (Å²) < 4.78 is 13.4. The van der Waals surface area contributed by atoms with Crippen molar-refractivity contribution in [2.24, 2.45) is 0 Å². The number of carbonyl (C=O) groups is 1. The summed E-state index contributed by atoms with van der Waals surface area (Å²) in [5.41, 5.74) is 4.84. The van der Waals surface area contributed by atoms with Crippen molar-refractivity contribution in [3.63, 3.8) is 0 Å². The maximum absolute atomic E-state index is 11.6. The summed E-state index contributed by atoms with van der Waals surface area (Å²) >= 11 is 0. The first-order chi connectivity index (χ1) is 17.6. The molecule has 10 nitrogen and oxygen atoms in total. The number of rotatable bonds is 9. The van der Waals surface area contributed by atoms with Gasteiger partial charge in [-0.2, -0.15) is 5.10 Å². The van der Waals surface area contributed by atoms with Crippen molar-refractivity contribution in [1.82, 2.24) is 29.6 Å². The van der Waals surface area contributed by atoms with Gasteiger partial charge < -0.3 is 19.8 Å². The maximum atomic E-state index is 11.6. The Bertz CT molecular complexity index is 1370. The molecule has 186 valence electrons. The Labute approximate surface area is 209 Å². The third-order valence-corrected chi connectivity index (χ3v) is 6.07. The second kappa shape index (κ2) is 10.7. The molecule has 0 unspecified atom stereocenters. The molecule has 0 bridgehead atoms. The number of aromatic amines is 1. The van der Waals surface area contributed by atoms with Crippen LogP contribution in [-0.2, 0) is 16.1 Å². The molecule has 1 aromatic carbocycles. The van der Waals surface area contributed by atoms with Crippen molar-refractivity contribution in [2.75, 3.05) is 38.2 Å². The van der Waals surface area contributed by atoms with Crippen LogP contribution in [0, 0.1) is 6.92 Å². The molecule has 0 atom stereocenters. The van der Waals surface area contributed by atoms with E-state index in [4.69, 9.17) is 19.6 Å². The number of nitrogens with one attached hydrogen (secondary N) is 2. The van der Waals surface area contributed by atoms with Crippen LogP contribution in [0.4, 0.5) is 5.69 Å². The highest BCUT2D eigenvalue weighted by atomic mass is 16.5. The van der Waals surface area contributed by atoms with Gasteiger partial charge in [0.15, 0.2) is 5.65 Å². The number of hydrogen-bond donors (Lipinski definition) is 2. The Kier molecular flexibility index (Phi) is 7.06. The predicted octanol–water partition coefficient (Wildman–Crippen LogP) is 3.77. The quantitative estimate of drug-likeness (QED) is 0.346. The van der Waals surface area contributed by atoms with E-state index in [1.54, 1.807) is 30.5 Å². The summed E-state index contributed by atoms with van der Waals surface area (Å²) in [6, 6.07) is 7.07. The fourth-order valence-corrected chi connectivity index (χ4v) is 4.26. The Morgan fingerprint density at radius 2 is 2.14 bits per heavy atom. The van der Waals surface area contributed by atoms with Gasteiger partial charge >= 0.3 is 0 Å². The van der Waals surface area contributed by atoms with Crippen molar-refractivity contribution < 1.29 is 14.3 Å². The number of anilines is 1. The van der Waals surface area contributed by atoms with E-state index in [2.05, 4.69) is 33.0 Å². The van der Waals surface area contributed by atoms with Gasteiger partial charge in [-0.05, 0) is 31.6 Å². The van der Waals surface area contributed by atoms with Crippen LogP contribution in [0.3, 0.4) is 0 Å². The molecule has 1 aliphatic rings. The summed E-state index contributed by atoms with van der Waals surface area (Å²) in [6.45, 7) is 11.0.